The van der Waals surface area contributed by atoms with Crippen LogP contribution in [0.3, 0.4) is 0 Å². The summed E-state index contributed by atoms with van der Waals surface area (Å²) in [7, 11) is 0. The molecule has 2 amide bonds. The lowest BCUT2D eigenvalue weighted by Gasteiger charge is -2.56. The average Bonchev–Trinajstić information content (AvgIpc) is 2.86. The number of esters is 2. The maximum Gasteiger partial charge on any atom is 0.338 e. The standard InChI is InChI=1S/C29H37N3O5/c1-2-36-26(33)22-8-6-21(7-9-22)25(17-30)37-27(34)23-4-3-5-24(13-23)31-28(35)32-29-14-18-10-19(15-29)12-20(11-18)16-29/h6-9,18-20,23-25H,2-5,10-16H2,1H3,(H2,31,32,35)/t18?,19?,20?,23-,24+,25?,29?/m0/s1. The second kappa shape index (κ2) is 10.7. The molecule has 5 aliphatic carbocycles. The van der Waals surface area contributed by atoms with Gasteiger partial charge in [-0.1, -0.05) is 18.6 Å². The van der Waals surface area contributed by atoms with E-state index in [2.05, 4.69) is 10.6 Å². The van der Waals surface area contributed by atoms with Crippen LogP contribution in [0.2, 0.25) is 0 Å². The maximum atomic E-state index is 13.0. The molecule has 198 valence electrons. The highest BCUT2D eigenvalue weighted by molar-refractivity contribution is 5.89. The van der Waals surface area contributed by atoms with Crippen molar-refractivity contribution in [2.24, 2.45) is 23.7 Å². The third-order valence-corrected chi connectivity index (χ3v) is 8.84. The summed E-state index contributed by atoms with van der Waals surface area (Å²) in [6, 6.07) is 8.17. The Kier molecular flexibility index (Phi) is 7.41. The average molecular weight is 508 g/mol. The van der Waals surface area contributed by atoms with Gasteiger partial charge in [0.25, 0.3) is 0 Å². The highest BCUT2D eigenvalue weighted by Gasteiger charge is 2.51. The van der Waals surface area contributed by atoms with E-state index in [-0.39, 0.29) is 30.1 Å². The summed E-state index contributed by atoms with van der Waals surface area (Å²) < 4.78 is 10.6. The molecule has 0 radical (unpaired) electrons. The molecule has 0 saturated heterocycles. The van der Waals surface area contributed by atoms with Crippen molar-refractivity contribution in [2.45, 2.75) is 88.8 Å². The summed E-state index contributed by atoms with van der Waals surface area (Å²) >= 11 is 0. The molecule has 5 saturated carbocycles. The third kappa shape index (κ3) is 5.76. The Morgan fingerprint density at radius 1 is 1.03 bits per heavy atom. The van der Waals surface area contributed by atoms with E-state index < -0.39 is 18.0 Å². The third-order valence-electron chi connectivity index (χ3n) is 8.84. The molecule has 2 N–H and O–H groups in total. The minimum atomic E-state index is -1.06. The van der Waals surface area contributed by atoms with E-state index in [0.29, 0.717) is 24.0 Å². The quantitative estimate of drug-likeness (QED) is 0.512. The van der Waals surface area contributed by atoms with Crippen LogP contribution in [-0.4, -0.2) is 36.2 Å². The molecule has 37 heavy (non-hydrogen) atoms. The van der Waals surface area contributed by atoms with Crippen LogP contribution in [0.1, 0.15) is 93.2 Å². The smallest absolute Gasteiger partial charge is 0.338 e. The van der Waals surface area contributed by atoms with Gasteiger partial charge in [0.1, 0.15) is 6.07 Å². The first-order valence-corrected chi connectivity index (χ1v) is 13.8. The van der Waals surface area contributed by atoms with E-state index in [0.717, 1.165) is 49.9 Å². The van der Waals surface area contributed by atoms with Crippen molar-refractivity contribution in [3.05, 3.63) is 35.4 Å². The van der Waals surface area contributed by atoms with Gasteiger partial charge in [-0.05, 0) is 94.6 Å². The van der Waals surface area contributed by atoms with E-state index in [9.17, 15) is 19.6 Å². The number of urea groups is 1. The van der Waals surface area contributed by atoms with Crippen molar-refractivity contribution in [3.8, 4) is 6.07 Å². The van der Waals surface area contributed by atoms with Gasteiger partial charge in [0.15, 0.2) is 0 Å². The monoisotopic (exact) mass is 507 g/mol. The van der Waals surface area contributed by atoms with Crippen LogP contribution in [0.4, 0.5) is 4.79 Å². The van der Waals surface area contributed by atoms with Gasteiger partial charge >= 0.3 is 18.0 Å². The molecular formula is C29H37N3O5. The lowest BCUT2D eigenvalue weighted by atomic mass is 9.53. The molecule has 6 rings (SSSR count). The first-order valence-electron chi connectivity index (χ1n) is 13.8. The van der Waals surface area contributed by atoms with Crippen LogP contribution in [-0.2, 0) is 14.3 Å². The SMILES string of the molecule is CCOC(=O)c1ccc(C(C#N)OC(=O)[C@H]2CCC[C@@H](NC(=O)NC34CC5CC(CC(C5)C3)C4)C2)cc1. The molecule has 3 atom stereocenters. The first kappa shape index (κ1) is 25.6. The molecule has 0 aromatic heterocycles. The Bertz CT molecular complexity index is 1030. The van der Waals surface area contributed by atoms with Crippen molar-refractivity contribution in [3.63, 3.8) is 0 Å². The maximum absolute atomic E-state index is 13.0. The van der Waals surface area contributed by atoms with Crippen molar-refractivity contribution < 1.29 is 23.9 Å². The van der Waals surface area contributed by atoms with E-state index in [1.807, 2.05) is 6.07 Å². The predicted molar refractivity (Wildman–Crippen MR) is 135 cm³/mol. The molecule has 1 aromatic carbocycles. The zero-order chi connectivity index (χ0) is 26.0. The van der Waals surface area contributed by atoms with Crippen LogP contribution in [0.25, 0.3) is 0 Å². The molecular weight excluding hydrogens is 470 g/mol. The molecule has 1 unspecified atom stereocenters. The van der Waals surface area contributed by atoms with Gasteiger partial charge in [-0.2, -0.15) is 5.26 Å². The van der Waals surface area contributed by atoms with Crippen LogP contribution in [0.5, 0.6) is 0 Å². The van der Waals surface area contributed by atoms with Gasteiger partial charge in [0, 0.05) is 17.1 Å². The second-order valence-electron chi connectivity index (χ2n) is 11.6. The number of hydrogen-bond acceptors (Lipinski definition) is 6. The van der Waals surface area contributed by atoms with Crippen molar-refractivity contribution in [1.82, 2.24) is 10.6 Å². The molecule has 4 bridgehead atoms. The lowest BCUT2D eigenvalue weighted by molar-refractivity contribution is -0.153. The number of rotatable bonds is 7. The number of carbonyl (C=O) groups excluding carboxylic acids is 3. The van der Waals surface area contributed by atoms with Crippen LogP contribution < -0.4 is 10.6 Å². The number of nitrogens with zero attached hydrogens (tertiary/aromatic N) is 1. The van der Waals surface area contributed by atoms with Crippen molar-refractivity contribution in [1.29, 1.82) is 5.26 Å². The molecule has 8 nitrogen and oxygen atoms in total. The summed E-state index contributed by atoms with van der Waals surface area (Å²) in [5.41, 5.74) is 0.834. The Labute approximate surface area is 218 Å². The Morgan fingerprint density at radius 2 is 1.68 bits per heavy atom. The normalized spacial score (nSPS) is 32.6. The van der Waals surface area contributed by atoms with Crippen molar-refractivity contribution >= 4 is 18.0 Å². The Hall–Kier alpha value is -3.08. The Morgan fingerprint density at radius 3 is 2.27 bits per heavy atom. The van der Waals surface area contributed by atoms with Gasteiger partial charge < -0.3 is 20.1 Å². The fourth-order valence-corrected chi connectivity index (χ4v) is 7.65. The minimum absolute atomic E-state index is 0.0469. The van der Waals surface area contributed by atoms with E-state index in [1.165, 1.54) is 19.3 Å². The van der Waals surface area contributed by atoms with Crippen molar-refractivity contribution in [2.75, 3.05) is 6.61 Å². The molecule has 5 aliphatic rings. The van der Waals surface area contributed by atoms with Crippen LogP contribution >= 0.6 is 0 Å². The summed E-state index contributed by atoms with van der Waals surface area (Å²) in [4.78, 5) is 37.8. The van der Waals surface area contributed by atoms with Gasteiger partial charge in [-0.3, -0.25) is 4.79 Å². The molecule has 0 spiro atoms. The van der Waals surface area contributed by atoms with Crippen LogP contribution in [0, 0.1) is 35.0 Å². The molecule has 0 heterocycles. The number of hydrogen-bond donors (Lipinski definition) is 2. The van der Waals surface area contributed by atoms with Crippen LogP contribution in [0.15, 0.2) is 24.3 Å². The predicted octanol–water partition coefficient (Wildman–Crippen LogP) is 4.80. The Balaban J connectivity index is 1.13. The summed E-state index contributed by atoms with van der Waals surface area (Å²) in [5.74, 6) is 1.05. The second-order valence-corrected chi connectivity index (χ2v) is 11.6. The fraction of sp³-hybridized carbons (Fsp3) is 0.655. The number of carbonyl (C=O) groups is 3. The first-order chi connectivity index (χ1) is 17.9. The highest BCUT2D eigenvalue weighted by Crippen LogP contribution is 2.55. The minimum Gasteiger partial charge on any atom is -0.462 e. The van der Waals surface area contributed by atoms with E-state index in [4.69, 9.17) is 9.47 Å². The molecule has 1 aromatic rings. The molecule has 0 aliphatic heterocycles. The van der Waals surface area contributed by atoms with Gasteiger partial charge in [0.05, 0.1) is 18.1 Å². The lowest BCUT2D eigenvalue weighted by Crippen LogP contribution is -2.62. The zero-order valence-corrected chi connectivity index (χ0v) is 21.5. The number of nitrogens with one attached hydrogen (secondary N) is 2. The molecule has 5 fully saturated rings. The summed E-state index contributed by atoms with van der Waals surface area (Å²) in [6.45, 7) is 2.01. The van der Waals surface area contributed by atoms with Gasteiger partial charge in [-0.15, -0.1) is 0 Å². The fourth-order valence-electron chi connectivity index (χ4n) is 7.65. The zero-order valence-electron chi connectivity index (χ0n) is 21.5. The topological polar surface area (TPSA) is 118 Å². The van der Waals surface area contributed by atoms with Gasteiger partial charge in [-0.25, -0.2) is 9.59 Å². The summed E-state index contributed by atoms with van der Waals surface area (Å²) in [6.07, 6.45) is 9.05. The highest BCUT2D eigenvalue weighted by atomic mass is 16.5. The van der Waals surface area contributed by atoms with Gasteiger partial charge in [0.2, 0.25) is 6.10 Å². The van der Waals surface area contributed by atoms with E-state index in [1.54, 1.807) is 31.2 Å². The number of amides is 2. The largest absolute Gasteiger partial charge is 0.462 e. The number of ether oxygens (including phenoxy) is 2. The number of nitriles is 1. The summed E-state index contributed by atoms with van der Waals surface area (Å²) in [5, 5.41) is 16.1. The number of benzene rings is 1. The molecule has 8 heteroatoms. The van der Waals surface area contributed by atoms with E-state index >= 15 is 0 Å².